The van der Waals surface area contributed by atoms with Crippen molar-refractivity contribution in [2.45, 2.75) is 44.5 Å². The Labute approximate surface area is 145 Å². The fourth-order valence-corrected chi connectivity index (χ4v) is 3.15. The Bertz CT molecular complexity index is 801. The fourth-order valence-electron chi connectivity index (χ4n) is 2.69. The van der Waals surface area contributed by atoms with Crippen molar-refractivity contribution in [2.75, 3.05) is 19.9 Å². The van der Waals surface area contributed by atoms with Crippen molar-refractivity contribution in [3.8, 4) is 0 Å². The topological polar surface area (TPSA) is 129 Å². The van der Waals surface area contributed by atoms with Gasteiger partial charge >= 0.3 is 5.69 Å². The predicted octanol–water partition coefficient (Wildman–Crippen LogP) is -1.21. The van der Waals surface area contributed by atoms with Crippen LogP contribution in [0.2, 0.25) is 0 Å². The number of methoxy groups -OCH3 is 1. The molecule has 0 amide bonds. The Balaban J connectivity index is 2.34. The minimum absolute atomic E-state index is 0.0370. The van der Waals surface area contributed by atoms with Crippen molar-refractivity contribution >= 4 is 10.0 Å². The molecule has 1 aliphatic heterocycles. The lowest BCUT2D eigenvalue weighted by Crippen LogP contribution is -2.43. The Morgan fingerprint density at radius 1 is 1.36 bits per heavy atom. The molecule has 1 aliphatic rings. The summed E-state index contributed by atoms with van der Waals surface area (Å²) >= 11 is 0. The molecule has 25 heavy (non-hydrogen) atoms. The summed E-state index contributed by atoms with van der Waals surface area (Å²) in [6.45, 7) is 3.62. The Hall–Kier alpha value is -1.53. The molecule has 2 rings (SSSR count). The number of ether oxygens (including phenoxy) is 3. The summed E-state index contributed by atoms with van der Waals surface area (Å²) < 4.78 is 43.5. The van der Waals surface area contributed by atoms with Crippen molar-refractivity contribution in [3.63, 3.8) is 0 Å². The first kappa shape index (κ1) is 19.8. The zero-order valence-corrected chi connectivity index (χ0v) is 15.3. The summed E-state index contributed by atoms with van der Waals surface area (Å²) in [5, 5.41) is 0. The largest absolute Gasteiger partial charge is 0.374 e. The molecule has 2 heterocycles. The van der Waals surface area contributed by atoms with Gasteiger partial charge in [0.15, 0.2) is 6.23 Å². The van der Waals surface area contributed by atoms with Gasteiger partial charge in [0.05, 0.1) is 12.4 Å². The van der Waals surface area contributed by atoms with Crippen LogP contribution >= 0.6 is 0 Å². The maximum atomic E-state index is 12.1. The number of hydrogen-bond donors (Lipinski definition) is 2. The highest BCUT2D eigenvalue weighted by Gasteiger charge is 2.47. The summed E-state index contributed by atoms with van der Waals surface area (Å²) in [5.74, 6) is 0. The summed E-state index contributed by atoms with van der Waals surface area (Å²) in [4.78, 5) is 25.5. The van der Waals surface area contributed by atoms with E-state index in [4.69, 9.17) is 14.2 Å². The van der Waals surface area contributed by atoms with Gasteiger partial charge in [-0.2, -0.15) is 0 Å². The van der Waals surface area contributed by atoms with E-state index in [1.165, 1.54) is 23.9 Å². The maximum Gasteiger partial charge on any atom is 0.330 e. The zero-order chi connectivity index (χ0) is 18.8. The molecule has 1 aromatic heterocycles. The monoisotopic (exact) mass is 377 g/mol. The standard InChI is InChI=1S/C14H23N3O7S/c1-8(2)23-11-9(7-15-25(4,20)21)24-13(12(11)22-3)17-6-5-10(18)16-14(17)19/h5-6,8-9,11-13,15H,7H2,1-4H3,(H,16,18,19)/t9-,11-,12-,13-/m1/s1. The molecule has 1 fully saturated rings. The average Bonchev–Trinajstić information content (AvgIpc) is 2.81. The van der Waals surface area contributed by atoms with Crippen LogP contribution in [-0.2, 0) is 24.2 Å². The lowest BCUT2D eigenvalue weighted by molar-refractivity contribution is -0.0785. The van der Waals surface area contributed by atoms with Crippen LogP contribution in [0.4, 0.5) is 0 Å². The van der Waals surface area contributed by atoms with E-state index in [2.05, 4.69) is 9.71 Å². The molecule has 1 saturated heterocycles. The van der Waals surface area contributed by atoms with E-state index in [1.54, 1.807) is 0 Å². The van der Waals surface area contributed by atoms with Gasteiger partial charge < -0.3 is 14.2 Å². The highest BCUT2D eigenvalue weighted by Crippen LogP contribution is 2.33. The number of hydrogen-bond acceptors (Lipinski definition) is 7. The highest BCUT2D eigenvalue weighted by atomic mass is 32.2. The second kappa shape index (κ2) is 7.79. The van der Waals surface area contributed by atoms with E-state index >= 15 is 0 Å². The molecule has 10 nitrogen and oxygen atoms in total. The number of aromatic amines is 1. The minimum atomic E-state index is -3.43. The van der Waals surface area contributed by atoms with Crippen LogP contribution in [0.5, 0.6) is 0 Å². The predicted molar refractivity (Wildman–Crippen MR) is 88.9 cm³/mol. The molecular formula is C14H23N3O7S. The van der Waals surface area contributed by atoms with Gasteiger partial charge in [-0.3, -0.25) is 14.3 Å². The van der Waals surface area contributed by atoms with Gasteiger partial charge in [0.1, 0.15) is 18.3 Å². The minimum Gasteiger partial charge on any atom is -0.374 e. The number of H-pyrrole nitrogens is 1. The van der Waals surface area contributed by atoms with Crippen LogP contribution in [0.1, 0.15) is 20.1 Å². The molecule has 0 spiro atoms. The van der Waals surface area contributed by atoms with Crippen LogP contribution < -0.4 is 16.0 Å². The zero-order valence-electron chi connectivity index (χ0n) is 14.5. The summed E-state index contributed by atoms with van der Waals surface area (Å²) in [6, 6.07) is 1.19. The Morgan fingerprint density at radius 3 is 2.56 bits per heavy atom. The van der Waals surface area contributed by atoms with Gasteiger partial charge in [0.25, 0.3) is 5.56 Å². The fraction of sp³-hybridized carbons (Fsp3) is 0.714. The molecule has 2 N–H and O–H groups in total. The first-order valence-electron chi connectivity index (χ1n) is 7.72. The average molecular weight is 377 g/mol. The van der Waals surface area contributed by atoms with E-state index in [0.29, 0.717) is 0 Å². The molecule has 0 saturated carbocycles. The van der Waals surface area contributed by atoms with Crippen LogP contribution in [0.15, 0.2) is 21.9 Å². The van der Waals surface area contributed by atoms with Gasteiger partial charge in [-0.15, -0.1) is 0 Å². The second-order valence-electron chi connectivity index (χ2n) is 6.05. The van der Waals surface area contributed by atoms with Crippen molar-refractivity contribution in [3.05, 3.63) is 33.1 Å². The van der Waals surface area contributed by atoms with E-state index in [-0.39, 0.29) is 12.6 Å². The van der Waals surface area contributed by atoms with E-state index in [0.717, 1.165) is 6.26 Å². The first-order valence-corrected chi connectivity index (χ1v) is 9.61. The lowest BCUT2D eigenvalue weighted by atomic mass is 10.1. The SMILES string of the molecule is CO[C@@H]1[C@H](OC(C)C)[C@@H](CNS(C)(=O)=O)O[C@H]1n1ccc(=O)[nH]c1=O. The van der Waals surface area contributed by atoms with Crippen LogP contribution in [0.25, 0.3) is 0 Å². The molecule has 11 heteroatoms. The number of sulfonamides is 1. The van der Waals surface area contributed by atoms with Gasteiger partial charge in [0, 0.05) is 25.9 Å². The molecule has 0 bridgehead atoms. The van der Waals surface area contributed by atoms with E-state index < -0.39 is 45.8 Å². The summed E-state index contributed by atoms with van der Waals surface area (Å²) in [7, 11) is -1.98. The summed E-state index contributed by atoms with van der Waals surface area (Å²) in [6.07, 6.45) is -0.650. The molecule has 0 radical (unpaired) electrons. The third-order valence-electron chi connectivity index (χ3n) is 3.66. The van der Waals surface area contributed by atoms with Gasteiger partial charge in [-0.1, -0.05) is 0 Å². The number of nitrogens with one attached hydrogen (secondary N) is 2. The summed E-state index contributed by atoms with van der Waals surface area (Å²) in [5.41, 5.74) is -1.18. The van der Waals surface area contributed by atoms with Crippen LogP contribution in [0, 0.1) is 0 Å². The highest BCUT2D eigenvalue weighted by molar-refractivity contribution is 7.88. The van der Waals surface area contributed by atoms with Gasteiger partial charge in [-0.25, -0.2) is 17.9 Å². The number of rotatable bonds is 7. The Kier molecular flexibility index (Phi) is 6.16. The smallest absolute Gasteiger partial charge is 0.330 e. The molecule has 0 aromatic carbocycles. The molecule has 4 atom stereocenters. The normalized spacial score (nSPS) is 27.1. The molecule has 142 valence electrons. The molecular weight excluding hydrogens is 354 g/mol. The van der Waals surface area contributed by atoms with Gasteiger partial charge in [-0.05, 0) is 13.8 Å². The molecule has 0 aliphatic carbocycles. The van der Waals surface area contributed by atoms with Crippen molar-refractivity contribution in [2.24, 2.45) is 0 Å². The van der Waals surface area contributed by atoms with E-state index in [1.807, 2.05) is 13.8 Å². The van der Waals surface area contributed by atoms with Crippen molar-refractivity contribution < 1.29 is 22.6 Å². The van der Waals surface area contributed by atoms with Crippen LogP contribution in [0.3, 0.4) is 0 Å². The van der Waals surface area contributed by atoms with E-state index in [9.17, 15) is 18.0 Å². The second-order valence-corrected chi connectivity index (χ2v) is 7.89. The quantitative estimate of drug-likeness (QED) is 0.610. The Morgan fingerprint density at radius 2 is 2.04 bits per heavy atom. The number of aromatic nitrogens is 2. The molecule has 1 aromatic rings. The lowest BCUT2D eigenvalue weighted by Gasteiger charge is -2.25. The van der Waals surface area contributed by atoms with Crippen molar-refractivity contribution in [1.82, 2.24) is 14.3 Å². The van der Waals surface area contributed by atoms with Gasteiger partial charge in [0.2, 0.25) is 10.0 Å². The molecule has 0 unspecified atom stereocenters. The third-order valence-corrected chi connectivity index (χ3v) is 4.35. The van der Waals surface area contributed by atoms with Crippen molar-refractivity contribution in [1.29, 1.82) is 0 Å². The first-order chi connectivity index (χ1) is 11.6. The number of nitrogens with zero attached hydrogens (tertiary/aromatic N) is 1. The third kappa shape index (κ3) is 4.98. The van der Waals surface area contributed by atoms with Crippen LogP contribution in [-0.4, -0.2) is 62.3 Å². The maximum absolute atomic E-state index is 12.1.